The van der Waals surface area contributed by atoms with Gasteiger partial charge < -0.3 is 9.47 Å². The van der Waals surface area contributed by atoms with E-state index in [9.17, 15) is 18.0 Å². The zero-order valence-electron chi connectivity index (χ0n) is 9.22. The van der Waals surface area contributed by atoms with Crippen molar-refractivity contribution in [2.75, 3.05) is 0 Å². The lowest BCUT2D eigenvalue weighted by atomic mass is 10.0. The lowest BCUT2D eigenvalue weighted by molar-refractivity contribution is -0.185. The molecule has 0 aromatic rings. The van der Waals surface area contributed by atoms with Crippen LogP contribution in [-0.2, 0) is 14.3 Å². The predicted octanol–water partition coefficient (Wildman–Crippen LogP) is 2.56. The van der Waals surface area contributed by atoms with Crippen LogP contribution in [0.3, 0.4) is 0 Å². The first-order valence-corrected chi connectivity index (χ1v) is 4.85. The van der Waals surface area contributed by atoms with Gasteiger partial charge in [-0.15, -0.1) is 0 Å². The molecule has 1 heterocycles. The van der Waals surface area contributed by atoms with Gasteiger partial charge in [0, 0.05) is 12.5 Å². The van der Waals surface area contributed by atoms with Crippen LogP contribution in [0.5, 0.6) is 0 Å². The van der Waals surface area contributed by atoms with E-state index in [1.54, 1.807) is 6.92 Å². The molecule has 16 heavy (non-hydrogen) atoms. The second-order valence-electron chi connectivity index (χ2n) is 3.66. The Kier molecular flexibility index (Phi) is 3.06. The van der Waals surface area contributed by atoms with Crippen LogP contribution in [0.1, 0.15) is 27.2 Å². The maximum absolute atomic E-state index is 12.6. The Morgan fingerprint density at radius 3 is 2.38 bits per heavy atom. The van der Waals surface area contributed by atoms with E-state index in [0.29, 0.717) is 0 Å². The highest BCUT2D eigenvalue weighted by atomic mass is 19.4. The van der Waals surface area contributed by atoms with Crippen LogP contribution < -0.4 is 0 Å². The zero-order valence-corrected chi connectivity index (χ0v) is 9.22. The Bertz CT molecular complexity index is 324. The van der Waals surface area contributed by atoms with Gasteiger partial charge in [0.05, 0.1) is 0 Å². The molecule has 0 aromatic carbocycles. The Morgan fingerprint density at radius 2 is 2.06 bits per heavy atom. The van der Waals surface area contributed by atoms with Crippen molar-refractivity contribution in [3.8, 4) is 0 Å². The van der Waals surface area contributed by atoms with Gasteiger partial charge in [-0.25, -0.2) is 4.79 Å². The van der Waals surface area contributed by atoms with Crippen molar-refractivity contribution in [3.05, 3.63) is 12.2 Å². The lowest BCUT2D eigenvalue weighted by Crippen LogP contribution is -2.39. The first-order chi connectivity index (χ1) is 7.22. The summed E-state index contributed by atoms with van der Waals surface area (Å²) < 4.78 is 47.2. The summed E-state index contributed by atoms with van der Waals surface area (Å²) >= 11 is 0. The lowest BCUT2D eigenvalue weighted by Gasteiger charge is -2.17. The molecule has 0 bridgehead atoms. The van der Waals surface area contributed by atoms with E-state index >= 15 is 0 Å². The minimum atomic E-state index is -4.56. The summed E-state index contributed by atoms with van der Waals surface area (Å²) in [6, 6.07) is 0. The number of alkyl halides is 3. The van der Waals surface area contributed by atoms with Crippen LogP contribution in [0.15, 0.2) is 12.2 Å². The van der Waals surface area contributed by atoms with Gasteiger partial charge in [0.15, 0.2) is 0 Å². The number of carbonyl (C=O) groups excluding carboxylic acids is 1. The summed E-state index contributed by atoms with van der Waals surface area (Å²) in [5, 5.41) is 0. The molecule has 1 saturated heterocycles. The maximum atomic E-state index is 12.6. The third-order valence-corrected chi connectivity index (χ3v) is 2.63. The molecule has 1 aliphatic heterocycles. The van der Waals surface area contributed by atoms with E-state index < -0.39 is 23.5 Å². The van der Waals surface area contributed by atoms with Crippen LogP contribution in [-0.4, -0.2) is 23.5 Å². The molecule has 0 radical (unpaired) electrons. The number of halogens is 3. The molecule has 0 N–H and O–H groups in total. The highest BCUT2D eigenvalue weighted by Gasteiger charge is 2.82. The largest absolute Gasteiger partial charge is 0.426 e. The van der Waals surface area contributed by atoms with E-state index in [4.69, 9.17) is 4.74 Å². The SMILES string of the molecule is CC=CC(=O)OC1(CC)OC1(C)C(F)(F)F. The number of esters is 1. The first-order valence-electron chi connectivity index (χ1n) is 4.85. The normalized spacial score (nSPS) is 34.1. The molecule has 2 unspecified atom stereocenters. The van der Waals surface area contributed by atoms with Gasteiger partial charge in [0.2, 0.25) is 5.60 Å². The van der Waals surface area contributed by atoms with Gasteiger partial charge in [0.1, 0.15) is 0 Å². The Balaban J connectivity index is 2.82. The first kappa shape index (κ1) is 13.0. The quantitative estimate of drug-likeness (QED) is 0.431. The van der Waals surface area contributed by atoms with Crippen molar-refractivity contribution in [3.63, 3.8) is 0 Å². The van der Waals surface area contributed by atoms with Crippen molar-refractivity contribution < 1.29 is 27.4 Å². The minimum absolute atomic E-state index is 0.0493. The molecule has 92 valence electrons. The van der Waals surface area contributed by atoms with Crippen LogP contribution in [0.2, 0.25) is 0 Å². The highest BCUT2D eigenvalue weighted by molar-refractivity contribution is 5.82. The molecule has 0 aliphatic carbocycles. The smallest absolute Gasteiger partial charge is 0.423 e. The summed E-state index contributed by atoms with van der Waals surface area (Å²) in [6.45, 7) is 3.91. The molecule has 0 spiro atoms. The monoisotopic (exact) mass is 238 g/mol. The number of hydrogen-bond donors (Lipinski definition) is 0. The Hall–Kier alpha value is -1.04. The number of ether oxygens (including phenoxy) is 2. The van der Waals surface area contributed by atoms with E-state index in [2.05, 4.69) is 4.74 Å². The molecule has 0 aromatic heterocycles. The zero-order chi connectivity index (χ0) is 12.6. The molecule has 0 amide bonds. The molecule has 1 aliphatic rings. The summed E-state index contributed by atoms with van der Waals surface area (Å²) in [6.07, 6.45) is -2.17. The molecule has 1 rings (SSSR count). The number of rotatable bonds is 3. The number of allylic oxidation sites excluding steroid dienone is 1. The molecular weight excluding hydrogens is 225 g/mol. The van der Waals surface area contributed by atoms with Gasteiger partial charge in [-0.1, -0.05) is 13.0 Å². The van der Waals surface area contributed by atoms with Crippen molar-refractivity contribution in [1.29, 1.82) is 0 Å². The summed E-state index contributed by atoms with van der Waals surface area (Å²) in [5.41, 5.74) is -2.40. The molecule has 2 atom stereocenters. The second kappa shape index (κ2) is 3.76. The Labute approximate surface area is 91.2 Å². The fraction of sp³-hybridized carbons (Fsp3) is 0.700. The number of hydrogen-bond acceptors (Lipinski definition) is 3. The van der Waals surface area contributed by atoms with Gasteiger partial charge >= 0.3 is 12.1 Å². The van der Waals surface area contributed by atoms with Gasteiger partial charge in [-0.2, -0.15) is 13.2 Å². The van der Waals surface area contributed by atoms with Crippen molar-refractivity contribution in [2.24, 2.45) is 0 Å². The van der Waals surface area contributed by atoms with E-state index in [1.165, 1.54) is 13.0 Å². The topological polar surface area (TPSA) is 38.8 Å². The second-order valence-corrected chi connectivity index (χ2v) is 3.66. The number of carbonyl (C=O) groups is 1. The fourth-order valence-electron chi connectivity index (χ4n) is 1.51. The van der Waals surface area contributed by atoms with Crippen LogP contribution in [0.4, 0.5) is 13.2 Å². The summed E-state index contributed by atoms with van der Waals surface area (Å²) in [7, 11) is 0. The van der Waals surface area contributed by atoms with E-state index in [0.717, 1.165) is 13.0 Å². The Morgan fingerprint density at radius 1 is 1.50 bits per heavy atom. The van der Waals surface area contributed by atoms with Crippen LogP contribution in [0, 0.1) is 0 Å². The third kappa shape index (κ3) is 1.81. The van der Waals surface area contributed by atoms with Gasteiger partial charge in [0.25, 0.3) is 5.79 Å². The standard InChI is InChI=1S/C10H13F3O3/c1-4-6-7(14)15-9(5-2)8(3,16-9)10(11,12)13/h4,6H,5H2,1-3H3. The third-order valence-electron chi connectivity index (χ3n) is 2.63. The van der Waals surface area contributed by atoms with Gasteiger partial charge in [-0.05, 0) is 13.8 Å². The van der Waals surface area contributed by atoms with Gasteiger partial charge in [-0.3, -0.25) is 0 Å². The predicted molar refractivity (Wildman–Crippen MR) is 49.5 cm³/mol. The minimum Gasteiger partial charge on any atom is -0.426 e. The van der Waals surface area contributed by atoms with Crippen molar-refractivity contribution in [1.82, 2.24) is 0 Å². The highest BCUT2D eigenvalue weighted by Crippen LogP contribution is 2.59. The molecule has 1 fully saturated rings. The van der Waals surface area contributed by atoms with Crippen LogP contribution >= 0.6 is 0 Å². The molecular formula is C10H13F3O3. The summed E-state index contributed by atoms with van der Waals surface area (Å²) in [4.78, 5) is 11.1. The van der Waals surface area contributed by atoms with Crippen molar-refractivity contribution >= 4 is 5.97 Å². The molecule has 6 heteroatoms. The average Bonchev–Trinajstić information content (AvgIpc) is 2.73. The van der Waals surface area contributed by atoms with Crippen LogP contribution in [0.25, 0.3) is 0 Å². The van der Waals surface area contributed by atoms with E-state index in [1.807, 2.05) is 0 Å². The van der Waals surface area contributed by atoms with E-state index in [-0.39, 0.29) is 6.42 Å². The fourth-order valence-corrected chi connectivity index (χ4v) is 1.51. The molecule has 0 saturated carbocycles. The maximum Gasteiger partial charge on any atom is 0.423 e. The summed E-state index contributed by atoms with van der Waals surface area (Å²) in [5.74, 6) is -2.71. The average molecular weight is 238 g/mol. The molecule has 3 nitrogen and oxygen atoms in total. The number of epoxide rings is 1. The van der Waals surface area contributed by atoms with Crippen molar-refractivity contribution in [2.45, 2.75) is 44.8 Å².